The van der Waals surface area contributed by atoms with E-state index in [0.717, 1.165) is 37.4 Å². The summed E-state index contributed by atoms with van der Waals surface area (Å²) in [6.45, 7) is 2.26. The number of nitrogens with one attached hydrogen (secondary N) is 1. The second-order valence-electron chi connectivity index (χ2n) is 6.68. The Morgan fingerprint density at radius 2 is 2.26 bits per heavy atom. The highest BCUT2D eigenvalue weighted by Gasteiger charge is 2.35. The van der Waals surface area contributed by atoms with E-state index in [0.29, 0.717) is 18.2 Å². The Kier molecular flexibility index (Phi) is 4.94. The van der Waals surface area contributed by atoms with Gasteiger partial charge in [0.1, 0.15) is 5.82 Å². The highest BCUT2D eigenvalue weighted by atomic mass is 19.1. The first-order valence-electron chi connectivity index (χ1n) is 8.32. The molecule has 5 nitrogen and oxygen atoms in total. The molecule has 3 rings (SSSR count). The van der Waals surface area contributed by atoms with Gasteiger partial charge in [-0.2, -0.15) is 0 Å². The average Bonchev–Trinajstić information content (AvgIpc) is 2.52. The van der Waals surface area contributed by atoms with Gasteiger partial charge in [-0.05, 0) is 62.3 Å². The Bertz CT molecular complexity index is 601. The number of nitrogens with two attached hydrogens (primary N) is 1. The summed E-state index contributed by atoms with van der Waals surface area (Å²) in [7, 11) is 0. The summed E-state index contributed by atoms with van der Waals surface area (Å²) in [6, 6.07) is 3.44. The van der Waals surface area contributed by atoms with Crippen LogP contribution in [0.3, 0.4) is 0 Å². The molecule has 132 valence electrons. The van der Waals surface area contributed by atoms with Gasteiger partial charge in [0, 0.05) is 34.5 Å². The molecule has 1 aliphatic carbocycles. The van der Waals surface area contributed by atoms with Crippen LogP contribution in [-0.4, -0.2) is 35.1 Å². The summed E-state index contributed by atoms with van der Waals surface area (Å²) in [4.78, 5) is 13.8. The van der Waals surface area contributed by atoms with Crippen molar-refractivity contribution in [1.82, 2.24) is 10.4 Å². The molecule has 0 unspecified atom stereocenters. The summed E-state index contributed by atoms with van der Waals surface area (Å²) >= 11 is 0. The third kappa shape index (κ3) is 3.39. The Morgan fingerprint density at radius 1 is 1.48 bits per heavy atom. The molecule has 2 aliphatic rings. The van der Waals surface area contributed by atoms with Crippen molar-refractivity contribution in [2.45, 2.75) is 44.7 Å². The molecule has 4 N–H and O–H groups in total. The van der Waals surface area contributed by atoms with Crippen molar-refractivity contribution in [2.75, 3.05) is 13.1 Å². The van der Waals surface area contributed by atoms with Crippen LogP contribution in [0, 0.1) is 11.7 Å². The van der Waals surface area contributed by atoms with Crippen LogP contribution < -0.4 is 11.2 Å². The molecule has 1 heterocycles. The van der Waals surface area contributed by atoms with E-state index in [1.165, 1.54) is 25.3 Å². The molecule has 1 aromatic carbocycles. The molecule has 1 saturated carbocycles. The third-order valence-electron chi connectivity index (χ3n) is 5.22. The largest absolute Gasteiger partial charge is 0.330 e. The first kappa shape index (κ1) is 16.4. The number of carbonyl (C=O) groups is 1. The molecule has 0 radical (unpaired) electrons. The Morgan fingerprint density at radius 3 is 2.96 bits per heavy atom. The summed E-state index contributed by atoms with van der Waals surface area (Å²) in [5, 5.41) is 8.69. The molecule has 0 bridgehead atoms. The fourth-order valence-corrected chi connectivity index (χ4v) is 3.79. The van der Waals surface area contributed by atoms with Gasteiger partial charge in [0.25, 0.3) is 5.91 Å². The molecule has 23 heavy (non-hydrogen) atoms. The van der Waals surface area contributed by atoms with Crippen molar-refractivity contribution in [3.05, 3.63) is 34.6 Å². The monoisotopic (exact) mass is 327 g/mol. The van der Waals surface area contributed by atoms with Gasteiger partial charge in [0.05, 0.1) is 0 Å². The lowest BCUT2D eigenvalue weighted by atomic mass is 9.76. The second kappa shape index (κ2) is 6.95. The Hall–Kier alpha value is -1.50. The lowest BCUT2D eigenvalue weighted by Crippen LogP contribution is -2.47. The van der Waals surface area contributed by atoms with Gasteiger partial charge in [0.15, 0.2) is 0 Å². The van der Waals surface area contributed by atoms with E-state index in [9.17, 15) is 9.18 Å². The van der Waals surface area contributed by atoms with E-state index in [1.807, 2.05) is 0 Å². The number of rotatable bonds is 5. The lowest BCUT2D eigenvalue weighted by molar-refractivity contribution is 0.0613. The maximum absolute atomic E-state index is 14.3. The molecule has 1 aromatic rings. The molecular formula is C17H30FN3O2. The van der Waals surface area contributed by atoms with Gasteiger partial charge >= 0.3 is 0 Å². The average molecular weight is 327 g/mol. The van der Waals surface area contributed by atoms with Crippen LogP contribution in [0.2, 0.25) is 0 Å². The maximum Gasteiger partial charge on any atom is 0.274 e. The van der Waals surface area contributed by atoms with Crippen molar-refractivity contribution < 1.29 is 18.7 Å². The molecule has 0 aromatic heterocycles. The molecule has 0 saturated heterocycles. The standard InChI is InChI=1S/C17H24FN3O2.3H2/c18-16-9-13(17(22)20-23)8-12-3-5-21(10-15(12)16)14-6-11(7-14)2-1-4-19;;;/h8-9,11,14,23H,1-7,10,19H2,(H,20,22);3*1H. The van der Waals surface area contributed by atoms with Gasteiger partial charge in [-0.25, -0.2) is 9.87 Å². The predicted octanol–water partition coefficient (Wildman–Crippen LogP) is 2.56. The van der Waals surface area contributed by atoms with E-state index >= 15 is 0 Å². The van der Waals surface area contributed by atoms with Gasteiger partial charge < -0.3 is 5.73 Å². The minimum Gasteiger partial charge on any atom is -0.330 e. The van der Waals surface area contributed by atoms with Crippen LogP contribution >= 0.6 is 0 Å². The van der Waals surface area contributed by atoms with Gasteiger partial charge in [-0.15, -0.1) is 0 Å². The smallest absolute Gasteiger partial charge is 0.274 e. The number of hydrogen-bond donors (Lipinski definition) is 3. The predicted molar refractivity (Wildman–Crippen MR) is 90.9 cm³/mol. The zero-order chi connectivity index (χ0) is 16.4. The summed E-state index contributed by atoms with van der Waals surface area (Å²) in [5.74, 6) is -0.258. The molecule has 1 aliphatic heterocycles. The van der Waals surface area contributed by atoms with Crippen LogP contribution in [0.15, 0.2) is 12.1 Å². The van der Waals surface area contributed by atoms with E-state index in [-0.39, 0.29) is 15.7 Å². The molecule has 0 atom stereocenters. The van der Waals surface area contributed by atoms with Crippen molar-refractivity contribution in [3.63, 3.8) is 0 Å². The summed E-state index contributed by atoms with van der Waals surface area (Å²) in [5.41, 5.74) is 8.84. The van der Waals surface area contributed by atoms with Crippen LogP contribution in [0.25, 0.3) is 0 Å². The van der Waals surface area contributed by atoms with Gasteiger partial charge in [-0.1, -0.05) is 0 Å². The quantitative estimate of drug-likeness (QED) is 0.574. The van der Waals surface area contributed by atoms with Gasteiger partial charge in [-0.3, -0.25) is 14.9 Å². The lowest BCUT2D eigenvalue weighted by Gasteiger charge is -2.45. The molecule has 6 heteroatoms. The maximum atomic E-state index is 14.3. The highest BCUT2D eigenvalue weighted by Crippen LogP contribution is 2.37. The Balaban J connectivity index is 0.00000208. The topological polar surface area (TPSA) is 78.6 Å². The van der Waals surface area contributed by atoms with Crippen LogP contribution in [0.4, 0.5) is 4.39 Å². The number of fused-ring (bicyclic) bond motifs is 1. The number of hydrogen-bond acceptors (Lipinski definition) is 4. The van der Waals surface area contributed by atoms with E-state index in [4.69, 9.17) is 10.9 Å². The SMILES string of the molecule is NCCCC1CC(N2CCc3cc(C(=O)NO)cc(F)c3C2)C1.[HH].[HH].[HH]. The zero-order valence-electron chi connectivity index (χ0n) is 13.2. The van der Waals surface area contributed by atoms with Crippen LogP contribution in [0.5, 0.6) is 0 Å². The first-order valence-corrected chi connectivity index (χ1v) is 8.32. The highest BCUT2D eigenvalue weighted by molar-refractivity contribution is 5.93. The van der Waals surface area contributed by atoms with Gasteiger partial charge in [0.2, 0.25) is 0 Å². The normalized spacial score (nSPS) is 24.0. The molecule has 0 spiro atoms. The number of nitrogens with zero attached hydrogens (tertiary/aromatic N) is 1. The fourth-order valence-electron chi connectivity index (χ4n) is 3.79. The van der Waals surface area contributed by atoms with Crippen molar-refractivity contribution in [3.8, 4) is 0 Å². The number of halogens is 1. The molecule has 1 fully saturated rings. The minimum absolute atomic E-state index is 0. The zero-order valence-corrected chi connectivity index (χ0v) is 13.2. The first-order chi connectivity index (χ1) is 11.1. The minimum atomic E-state index is -0.670. The summed E-state index contributed by atoms with van der Waals surface area (Å²) in [6.07, 6.45) is 5.39. The third-order valence-corrected chi connectivity index (χ3v) is 5.22. The van der Waals surface area contributed by atoms with E-state index < -0.39 is 5.91 Å². The fraction of sp³-hybridized carbons (Fsp3) is 0.588. The van der Waals surface area contributed by atoms with Crippen molar-refractivity contribution in [1.29, 1.82) is 0 Å². The molecular weight excluding hydrogens is 297 g/mol. The number of hydroxylamine groups is 1. The number of carbonyl (C=O) groups excluding carboxylic acids is 1. The number of amides is 1. The van der Waals surface area contributed by atoms with Crippen LogP contribution in [0.1, 0.15) is 51.4 Å². The summed E-state index contributed by atoms with van der Waals surface area (Å²) < 4.78 is 14.3. The Labute approximate surface area is 140 Å². The number of benzene rings is 1. The molecule has 1 amide bonds. The van der Waals surface area contributed by atoms with Crippen molar-refractivity contribution >= 4 is 5.91 Å². The van der Waals surface area contributed by atoms with Crippen molar-refractivity contribution in [2.24, 2.45) is 11.7 Å². The van der Waals surface area contributed by atoms with E-state index in [2.05, 4.69) is 4.90 Å². The van der Waals surface area contributed by atoms with E-state index in [1.54, 1.807) is 11.5 Å². The second-order valence-corrected chi connectivity index (χ2v) is 6.68. The van der Waals surface area contributed by atoms with Crippen LogP contribution in [-0.2, 0) is 13.0 Å².